The maximum Gasteiger partial charge on any atom is 0.247 e. The highest BCUT2D eigenvalue weighted by molar-refractivity contribution is 6.05. The van der Waals surface area contributed by atoms with Crippen LogP contribution in [0.5, 0.6) is 0 Å². The van der Waals surface area contributed by atoms with E-state index in [1.54, 1.807) is 0 Å². The number of amides is 2. The number of nitrogens with zero attached hydrogens (tertiary/aromatic N) is 2. The van der Waals surface area contributed by atoms with E-state index in [0.717, 1.165) is 13.1 Å². The normalized spacial score (nSPS) is 29.6. The number of hydrogen-bond acceptors (Lipinski definition) is 4. The average Bonchev–Trinajstić information content (AvgIpc) is 2.63. The highest BCUT2D eigenvalue weighted by atomic mass is 16.2. The highest BCUT2D eigenvalue weighted by Gasteiger charge is 2.39. The summed E-state index contributed by atoms with van der Waals surface area (Å²) in [6.45, 7) is 5.69. The van der Waals surface area contributed by atoms with Crippen molar-refractivity contribution >= 4 is 11.8 Å². The highest BCUT2D eigenvalue weighted by Crippen LogP contribution is 2.18. The number of likely N-dealkylation sites (N-methyl/N-ethyl adjacent to an activating group) is 1. The minimum atomic E-state index is -0.315. The van der Waals surface area contributed by atoms with Gasteiger partial charge in [0.25, 0.3) is 0 Å². The Balaban J connectivity index is 1.87. The molecule has 5 heteroatoms. The van der Waals surface area contributed by atoms with E-state index in [9.17, 15) is 9.59 Å². The zero-order valence-corrected chi connectivity index (χ0v) is 12.2. The van der Waals surface area contributed by atoms with Gasteiger partial charge in [0, 0.05) is 18.6 Å². The first kappa shape index (κ1) is 14.5. The van der Waals surface area contributed by atoms with Crippen LogP contribution in [0.25, 0.3) is 0 Å². The molecule has 2 aliphatic rings. The SMILES string of the molecule is CC(C)N1C(=O)CC(NCC2CCCCN2C)C1=O. The number of imide groups is 1. The second-order valence-corrected chi connectivity index (χ2v) is 5.99. The first-order valence-corrected chi connectivity index (χ1v) is 7.30. The summed E-state index contributed by atoms with van der Waals surface area (Å²) in [5.74, 6) is -0.104. The molecule has 0 aromatic rings. The molecule has 2 amide bonds. The van der Waals surface area contributed by atoms with Crippen LogP contribution in [0.4, 0.5) is 0 Å². The zero-order chi connectivity index (χ0) is 14.0. The van der Waals surface area contributed by atoms with Crippen LogP contribution in [0.15, 0.2) is 0 Å². The molecule has 2 aliphatic heterocycles. The standard InChI is InChI=1S/C14H25N3O2/c1-10(2)17-13(18)8-12(14(17)19)15-9-11-6-4-5-7-16(11)3/h10-12,15H,4-9H2,1-3H3. The van der Waals surface area contributed by atoms with Crippen LogP contribution >= 0.6 is 0 Å². The summed E-state index contributed by atoms with van der Waals surface area (Å²) < 4.78 is 0. The van der Waals surface area contributed by atoms with Crippen LogP contribution < -0.4 is 5.32 Å². The minimum absolute atomic E-state index is 0.0378. The van der Waals surface area contributed by atoms with Crippen molar-refractivity contribution in [3.63, 3.8) is 0 Å². The first-order valence-electron chi connectivity index (χ1n) is 7.30. The number of carbonyl (C=O) groups is 2. The molecule has 108 valence electrons. The molecule has 0 bridgehead atoms. The maximum atomic E-state index is 12.1. The lowest BCUT2D eigenvalue weighted by Crippen LogP contribution is -2.48. The molecule has 5 nitrogen and oxygen atoms in total. The number of likely N-dealkylation sites (tertiary alicyclic amines) is 2. The average molecular weight is 267 g/mol. The van der Waals surface area contributed by atoms with Gasteiger partial charge in [-0.15, -0.1) is 0 Å². The third-order valence-corrected chi connectivity index (χ3v) is 4.22. The lowest BCUT2D eigenvalue weighted by molar-refractivity contribution is -0.140. The van der Waals surface area contributed by atoms with Crippen molar-refractivity contribution in [3.8, 4) is 0 Å². The molecule has 2 saturated heterocycles. The monoisotopic (exact) mass is 267 g/mol. The largest absolute Gasteiger partial charge is 0.304 e. The fourth-order valence-corrected chi connectivity index (χ4v) is 3.03. The number of nitrogens with one attached hydrogen (secondary N) is 1. The van der Waals surface area contributed by atoms with Crippen molar-refractivity contribution in [2.75, 3.05) is 20.1 Å². The van der Waals surface area contributed by atoms with Gasteiger partial charge in [0.05, 0.1) is 12.5 Å². The third kappa shape index (κ3) is 3.15. The van der Waals surface area contributed by atoms with Gasteiger partial charge in [-0.1, -0.05) is 6.42 Å². The van der Waals surface area contributed by atoms with Crippen molar-refractivity contribution < 1.29 is 9.59 Å². The molecule has 19 heavy (non-hydrogen) atoms. The van der Waals surface area contributed by atoms with Crippen LogP contribution in [-0.4, -0.2) is 59.9 Å². The molecule has 0 aromatic carbocycles. The zero-order valence-electron chi connectivity index (χ0n) is 12.2. The fraction of sp³-hybridized carbons (Fsp3) is 0.857. The molecule has 0 spiro atoms. The Hall–Kier alpha value is -0.940. The summed E-state index contributed by atoms with van der Waals surface area (Å²) in [7, 11) is 2.13. The molecular formula is C14H25N3O2. The van der Waals surface area contributed by atoms with Gasteiger partial charge in [-0.3, -0.25) is 14.5 Å². The van der Waals surface area contributed by atoms with Crippen LogP contribution in [0.3, 0.4) is 0 Å². The Morgan fingerprint density at radius 1 is 1.32 bits per heavy atom. The Kier molecular flexibility index (Phi) is 4.58. The summed E-state index contributed by atoms with van der Waals surface area (Å²) in [5.41, 5.74) is 0. The summed E-state index contributed by atoms with van der Waals surface area (Å²) in [6.07, 6.45) is 4.00. The van der Waals surface area contributed by atoms with E-state index in [1.165, 1.54) is 24.2 Å². The Morgan fingerprint density at radius 2 is 2.05 bits per heavy atom. The predicted octanol–water partition coefficient (Wildman–Crippen LogP) is 0.596. The summed E-state index contributed by atoms with van der Waals surface area (Å²) in [6, 6.07) is 0.138. The van der Waals surface area contributed by atoms with E-state index in [0.29, 0.717) is 12.5 Å². The summed E-state index contributed by atoms with van der Waals surface area (Å²) in [5, 5.41) is 3.29. The molecule has 0 aliphatic carbocycles. The van der Waals surface area contributed by atoms with E-state index in [-0.39, 0.29) is 23.9 Å². The summed E-state index contributed by atoms with van der Waals surface area (Å²) >= 11 is 0. The molecule has 2 unspecified atom stereocenters. The molecule has 0 saturated carbocycles. The van der Waals surface area contributed by atoms with E-state index in [1.807, 2.05) is 13.8 Å². The van der Waals surface area contributed by atoms with Gasteiger partial charge in [0.15, 0.2) is 0 Å². The van der Waals surface area contributed by atoms with Crippen molar-refractivity contribution in [2.24, 2.45) is 0 Å². The molecule has 2 rings (SSSR count). The quantitative estimate of drug-likeness (QED) is 0.758. The number of carbonyl (C=O) groups excluding carboxylic acids is 2. The van der Waals surface area contributed by atoms with Crippen molar-refractivity contribution in [3.05, 3.63) is 0 Å². The second-order valence-electron chi connectivity index (χ2n) is 5.99. The predicted molar refractivity (Wildman–Crippen MR) is 73.7 cm³/mol. The van der Waals surface area contributed by atoms with E-state index in [2.05, 4.69) is 17.3 Å². The van der Waals surface area contributed by atoms with E-state index in [4.69, 9.17) is 0 Å². The smallest absolute Gasteiger partial charge is 0.247 e. The molecule has 1 N–H and O–H groups in total. The van der Waals surface area contributed by atoms with Gasteiger partial charge in [-0.25, -0.2) is 0 Å². The fourth-order valence-electron chi connectivity index (χ4n) is 3.03. The van der Waals surface area contributed by atoms with Gasteiger partial charge in [0.2, 0.25) is 11.8 Å². The second kappa shape index (κ2) is 6.01. The van der Waals surface area contributed by atoms with Crippen LogP contribution in [0.1, 0.15) is 39.5 Å². The van der Waals surface area contributed by atoms with Crippen LogP contribution in [0.2, 0.25) is 0 Å². The lowest BCUT2D eigenvalue weighted by Gasteiger charge is -2.33. The topological polar surface area (TPSA) is 52.7 Å². The molecule has 0 radical (unpaired) electrons. The molecule has 0 aromatic heterocycles. The number of hydrogen-bond donors (Lipinski definition) is 1. The number of piperidine rings is 1. The van der Waals surface area contributed by atoms with E-state index >= 15 is 0 Å². The van der Waals surface area contributed by atoms with Gasteiger partial charge in [-0.05, 0) is 40.3 Å². The van der Waals surface area contributed by atoms with Crippen LogP contribution in [0, 0.1) is 0 Å². The van der Waals surface area contributed by atoms with Crippen molar-refractivity contribution in [1.29, 1.82) is 0 Å². The molecule has 2 atom stereocenters. The Morgan fingerprint density at radius 3 is 2.63 bits per heavy atom. The maximum absolute atomic E-state index is 12.1. The third-order valence-electron chi connectivity index (χ3n) is 4.22. The van der Waals surface area contributed by atoms with Crippen molar-refractivity contribution in [1.82, 2.24) is 15.1 Å². The minimum Gasteiger partial charge on any atom is -0.304 e. The summed E-state index contributed by atoms with van der Waals surface area (Å²) in [4.78, 5) is 27.7. The van der Waals surface area contributed by atoms with Crippen LogP contribution in [-0.2, 0) is 9.59 Å². The van der Waals surface area contributed by atoms with Gasteiger partial charge >= 0.3 is 0 Å². The van der Waals surface area contributed by atoms with Gasteiger partial charge in [0.1, 0.15) is 0 Å². The van der Waals surface area contributed by atoms with Gasteiger partial charge < -0.3 is 10.2 Å². The molecule has 2 heterocycles. The first-order chi connectivity index (χ1) is 9.00. The van der Waals surface area contributed by atoms with E-state index < -0.39 is 0 Å². The Bertz CT molecular complexity index is 357. The Labute approximate surface area is 115 Å². The number of rotatable bonds is 4. The van der Waals surface area contributed by atoms with Crippen molar-refractivity contribution in [2.45, 2.75) is 57.7 Å². The molecular weight excluding hydrogens is 242 g/mol. The lowest BCUT2D eigenvalue weighted by atomic mass is 10.0. The molecule has 2 fully saturated rings. The van der Waals surface area contributed by atoms with Gasteiger partial charge in [-0.2, -0.15) is 0 Å².